The largest absolute Gasteiger partial charge is 0.326 e. The predicted molar refractivity (Wildman–Crippen MR) is 22.2 cm³/mol. The third kappa shape index (κ3) is 10.7. The van der Waals surface area contributed by atoms with E-state index in [0.29, 0.717) is 0 Å². The Morgan fingerprint density at radius 3 is 2.29 bits per heavy atom. The van der Waals surface area contributed by atoms with E-state index in [1.165, 1.54) is 0 Å². The molecular weight excluding hydrogens is 133 g/mol. The fourth-order valence-corrected chi connectivity index (χ4v) is 0.118. The molecule has 3 nitrogen and oxygen atoms in total. The van der Waals surface area contributed by atoms with Gasteiger partial charge >= 0.3 is 0 Å². The minimum atomic E-state index is -0.0741. The summed E-state index contributed by atoms with van der Waals surface area (Å²) in [6.07, 6.45) is 0. The van der Waals surface area contributed by atoms with Gasteiger partial charge < -0.3 is 5.73 Å². The summed E-state index contributed by atoms with van der Waals surface area (Å²) < 4.78 is 0. The zero-order valence-corrected chi connectivity index (χ0v) is 5.56. The summed E-state index contributed by atoms with van der Waals surface area (Å²) in [6.45, 7) is 1.95. The van der Waals surface area contributed by atoms with E-state index < -0.39 is 0 Å². The standard InChI is InChI=1S/C3H9NO2.V/c1-3(4)2-6-5;/h3,5H,2,4H2,1H3;. The van der Waals surface area contributed by atoms with Crippen LogP contribution in [0.15, 0.2) is 0 Å². The van der Waals surface area contributed by atoms with Crippen LogP contribution < -0.4 is 5.73 Å². The zero-order valence-electron chi connectivity index (χ0n) is 4.16. The van der Waals surface area contributed by atoms with Gasteiger partial charge in [-0.15, -0.1) is 0 Å². The first-order valence-electron chi connectivity index (χ1n) is 1.79. The van der Waals surface area contributed by atoms with Gasteiger partial charge in [-0.05, 0) is 6.92 Å². The van der Waals surface area contributed by atoms with Crippen LogP contribution in [0, 0.1) is 0 Å². The Bertz CT molecular complexity index is 34.1. The Hall–Kier alpha value is 0.464. The molecular formula is C3H9NO2V. The van der Waals surface area contributed by atoms with E-state index in [1.807, 2.05) is 0 Å². The van der Waals surface area contributed by atoms with Crippen LogP contribution in [0.3, 0.4) is 0 Å². The van der Waals surface area contributed by atoms with Crippen LogP contribution in [0.25, 0.3) is 0 Å². The number of rotatable bonds is 2. The average molecular weight is 142 g/mol. The minimum absolute atomic E-state index is 0. The van der Waals surface area contributed by atoms with E-state index >= 15 is 0 Å². The molecule has 43 valence electrons. The van der Waals surface area contributed by atoms with Crippen LogP contribution in [0.2, 0.25) is 0 Å². The average Bonchev–Trinajstić information content (AvgIpc) is 1.35. The van der Waals surface area contributed by atoms with Crippen LogP contribution >= 0.6 is 0 Å². The summed E-state index contributed by atoms with van der Waals surface area (Å²) in [6, 6.07) is -0.0741. The van der Waals surface area contributed by atoms with E-state index in [-0.39, 0.29) is 31.2 Å². The molecule has 0 aliphatic heterocycles. The van der Waals surface area contributed by atoms with Crippen molar-refractivity contribution in [2.24, 2.45) is 5.73 Å². The second kappa shape index (κ2) is 6.46. The summed E-state index contributed by atoms with van der Waals surface area (Å²) in [5.41, 5.74) is 5.12. The zero-order chi connectivity index (χ0) is 4.99. The van der Waals surface area contributed by atoms with Crippen molar-refractivity contribution in [1.29, 1.82) is 0 Å². The van der Waals surface area contributed by atoms with Gasteiger partial charge in [0.15, 0.2) is 0 Å². The second-order valence-electron chi connectivity index (χ2n) is 1.27. The summed E-state index contributed by atoms with van der Waals surface area (Å²) in [5.74, 6) is 0. The normalized spacial score (nSPS) is 12.4. The topological polar surface area (TPSA) is 55.5 Å². The smallest absolute Gasteiger partial charge is 0.0967 e. The number of nitrogens with two attached hydrogens (primary N) is 1. The monoisotopic (exact) mass is 142 g/mol. The van der Waals surface area contributed by atoms with Gasteiger partial charge in [0.25, 0.3) is 0 Å². The number of hydrogen-bond donors (Lipinski definition) is 2. The molecule has 0 amide bonds. The summed E-state index contributed by atoms with van der Waals surface area (Å²) in [4.78, 5) is 3.68. The molecule has 1 atom stereocenters. The van der Waals surface area contributed by atoms with Crippen LogP contribution in [-0.2, 0) is 23.4 Å². The Morgan fingerprint density at radius 1 is 1.86 bits per heavy atom. The molecule has 0 saturated carbocycles. The van der Waals surface area contributed by atoms with E-state index in [0.717, 1.165) is 0 Å². The van der Waals surface area contributed by atoms with Crippen molar-refractivity contribution >= 4 is 0 Å². The maximum absolute atomic E-state index is 7.66. The molecule has 0 aromatic rings. The third-order valence-corrected chi connectivity index (χ3v) is 0.337. The first-order chi connectivity index (χ1) is 2.77. The Kier molecular flexibility index (Phi) is 9.65. The molecule has 0 bridgehead atoms. The molecule has 0 aliphatic rings. The van der Waals surface area contributed by atoms with Crippen molar-refractivity contribution in [3.05, 3.63) is 0 Å². The van der Waals surface area contributed by atoms with Gasteiger partial charge in [-0.25, -0.2) is 4.89 Å². The predicted octanol–water partition coefficient (Wildman–Crippen LogP) is -0.179. The fraction of sp³-hybridized carbons (Fsp3) is 1.00. The molecule has 7 heavy (non-hydrogen) atoms. The van der Waals surface area contributed by atoms with Crippen LogP contribution in [0.1, 0.15) is 6.92 Å². The molecule has 0 fully saturated rings. The van der Waals surface area contributed by atoms with Gasteiger partial charge in [-0.3, -0.25) is 5.26 Å². The molecule has 0 spiro atoms. The van der Waals surface area contributed by atoms with E-state index in [1.54, 1.807) is 6.92 Å². The SMILES string of the molecule is CC(N)COO.[V]. The molecule has 0 aromatic carbocycles. The molecule has 1 unspecified atom stereocenters. The van der Waals surface area contributed by atoms with E-state index in [4.69, 9.17) is 11.0 Å². The molecule has 0 saturated heterocycles. The van der Waals surface area contributed by atoms with Gasteiger partial charge in [-0.1, -0.05) is 0 Å². The third-order valence-electron chi connectivity index (χ3n) is 0.337. The van der Waals surface area contributed by atoms with Gasteiger partial charge in [0, 0.05) is 24.6 Å². The van der Waals surface area contributed by atoms with Crippen molar-refractivity contribution < 1.29 is 28.7 Å². The van der Waals surface area contributed by atoms with Crippen molar-refractivity contribution in [3.63, 3.8) is 0 Å². The maximum atomic E-state index is 7.66. The Morgan fingerprint density at radius 2 is 2.29 bits per heavy atom. The van der Waals surface area contributed by atoms with Crippen LogP contribution in [0.5, 0.6) is 0 Å². The minimum Gasteiger partial charge on any atom is -0.326 e. The summed E-state index contributed by atoms with van der Waals surface area (Å²) >= 11 is 0. The quantitative estimate of drug-likeness (QED) is 0.415. The molecule has 0 heterocycles. The second-order valence-corrected chi connectivity index (χ2v) is 1.27. The molecule has 0 aliphatic carbocycles. The summed E-state index contributed by atoms with van der Waals surface area (Å²) in [5, 5.41) is 7.66. The van der Waals surface area contributed by atoms with Crippen molar-refractivity contribution in [2.45, 2.75) is 13.0 Å². The van der Waals surface area contributed by atoms with Crippen LogP contribution in [-0.4, -0.2) is 17.9 Å². The Balaban J connectivity index is 0. The van der Waals surface area contributed by atoms with Gasteiger partial charge in [0.2, 0.25) is 0 Å². The molecule has 0 aromatic heterocycles. The van der Waals surface area contributed by atoms with Crippen molar-refractivity contribution in [2.75, 3.05) is 6.61 Å². The first kappa shape index (κ1) is 10.4. The Labute approximate surface area is 54.7 Å². The van der Waals surface area contributed by atoms with Crippen molar-refractivity contribution in [1.82, 2.24) is 0 Å². The molecule has 0 rings (SSSR count). The number of hydrogen-bond acceptors (Lipinski definition) is 3. The molecule has 4 heteroatoms. The van der Waals surface area contributed by atoms with Gasteiger partial charge in [0.05, 0.1) is 6.61 Å². The first-order valence-corrected chi connectivity index (χ1v) is 1.79. The maximum Gasteiger partial charge on any atom is 0.0967 e. The summed E-state index contributed by atoms with van der Waals surface area (Å²) in [7, 11) is 0. The fourth-order valence-electron chi connectivity index (χ4n) is 0.118. The van der Waals surface area contributed by atoms with Gasteiger partial charge in [0.1, 0.15) is 0 Å². The van der Waals surface area contributed by atoms with E-state index in [2.05, 4.69) is 4.89 Å². The molecule has 1 radical (unpaired) electrons. The van der Waals surface area contributed by atoms with Crippen LogP contribution in [0.4, 0.5) is 0 Å². The van der Waals surface area contributed by atoms with Gasteiger partial charge in [-0.2, -0.15) is 0 Å². The van der Waals surface area contributed by atoms with Crippen molar-refractivity contribution in [3.8, 4) is 0 Å². The molecule has 3 N–H and O–H groups in total. The van der Waals surface area contributed by atoms with E-state index in [9.17, 15) is 0 Å².